The van der Waals surface area contributed by atoms with E-state index in [4.69, 9.17) is 0 Å². The molecule has 0 aliphatic carbocycles. The Labute approximate surface area is 165 Å². The van der Waals surface area contributed by atoms with Crippen LogP contribution in [-0.2, 0) is 11.3 Å². The van der Waals surface area contributed by atoms with Crippen LogP contribution >= 0.6 is 0 Å². The summed E-state index contributed by atoms with van der Waals surface area (Å²) in [4.78, 5) is 29.0. The van der Waals surface area contributed by atoms with Crippen molar-refractivity contribution >= 4 is 11.8 Å². The zero-order chi connectivity index (χ0) is 19.9. The predicted octanol–water partition coefficient (Wildman–Crippen LogP) is 2.60. The summed E-state index contributed by atoms with van der Waals surface area (Å²) in [6.45, 7) is 5.62. The molecule has 1 saturated heterocycles. The van der Waals surface area contributed by atoms with Crippen LogP contribution in [0.15, 0.2) is 48.5 Å². The first-order valence-corrected chi connectivity index (χ1v) is 9.62. The number of nitrogens with one attached hydrogen (secondary N) is 1. The van der Waals surface area contributed by atoms with Gasteiger partial charge in [0.1, 0.15) is 5.82 Å². The first-order chi connectivity index (χ1) is 13.5. The van der Waals surface area contributed by atoms with Gasteiger partial charge in [-0.1, -0.05) is 29.8 Å². The van der Waals surface area contributed by atoms with Crippen LogP contribution in [0.3, 0.4) is 0 Å². The maximum Gasteiger partial charge on any atom is 0.254 e. The number of benzene rings is 2. The molecule has 2 amide bonds. The van der Waals surface area contributed by atoms with Crippen LogP contribution in [0.1, 0.15) is 27.9 Å². The molecule has 3 rings (SSSR count). The lowest BCUT2D eigenvalue weighted by molar-refractivity contribution is -0.132. The number of amides is 2. The normalized spacial score (nSPS) is 14.0. The van der Waals surface area contributed by atoms with Gasteiger partial charge in [-0.15, -0.1) is 0 Å². The smallest absolute Gasteiger partial charge is 0.254 e. The molecule has 0 bridgehead atoms. The summed E-state index contributed by atoms with van der Waals surface area (Å²) in [6.07, 6.45) is 0.277. The van der Waals surface area contributed by atoms with E-state index in [1.54, 1.807) is 29.2 Å². The molecule has 6 heteroatoms. The molecular formula is C22H26FN3O2. The van der Waals surface area contributed by atoms with Crippen molar-refractivity contribution in [1.82, 2.24) is 15.1 Å². The Balaban J connectivity index is 1.71. The van der Waals surface area contributed by atoms with E-state index in [0.29, 0.717) is 31.7 Å². The maximum atomic E-state index is 13.2. The number of hydrogen-bond donors (Lipinski definition) is 1. The number of halogens is 1. The summed E-state index contributed by atoms with van der Waals surface area (Å²) < 4.78 is 13.2. The predicted molar refractivity (Wildman–Crippen MR) is 106 cm³/mol. The number of carbonyl (C=O) groups is 2. The highest BCUT2D eigenvalue weighted by Gasteiger charge is 2.21. The molecule has 148 valence electrons. The molecule has 0 radical (unpaired) electrons. The van der Waals surface area contributed by atoms with Crippen LogP contribution in [-0.4, -0.2) is 54.3 Å². The number of carbonyl (C=O) groups excluding carboxylic acids is 2. The Morgan fingerprint density at radius 1 is 1.04 bits per heavy atom. The molecule has 0 unspecified atom stereocenters. The Morgan fingerprint density at radius 2 is 1.68 bits per heavy atom. The standard InChI is InChI=1S/C22H26FN3O2/c1-17-2-6-19(7-3-17)22(28)26(16-18-4-8-20(23)9-5-18)13-10-21(27)25-14-11-24-12-15-25/h2-9,24H,10-16H2,1H3. The van der Waals surface area contributed by atoms with Gasteiger partial charge in [0.2, 0.25) is 5.91 Å². The quantitative estimate of drug-likeness (QED) is 0.834. The topological polar surface area (TPSA) is 52.7 Å². The number of rotatable bonds is 6. The van der Waals surface area contributed by atoms with E-state index in [-0.39, 0.29) is 24.1 Å². The second-order valence-corrected chi connectivity index (χ2v) is 7.10. The van der Waals surface area contributed by atoms with Crippen LogP contribution in [0.5, 0.6) is 0 Å². The second kappa shape index (κ2) is 9.46. The van der Waals surface area contributed by atoms with Gasteiger partial charge in [-0.2, -0.15) is 0 Å². The van der Waals surface area contributed by atoms with Crippen molar-refractivity contribution < 1.29 is 14.0 Å². The van der Waals surface area contributed by atoms with Crippen LogP contribution in [0.4, 0.5) is 4.39 Å². The van der Waals surface area contributed by atoms with Crippen molar-refractivity contribution in [1.29, 1.82) is 0 Å². The molecule has 0 atom stereocenters. The van der Waals surface area contributed by atoms with E-state index < -0.39 is 0 Å². The van der Waals surface area contributed by atoms with Crippen LogP contribution in [0, 0.1) is 12.7 Å². The first-order valence-electron chi connectivity index (χ1n) is 9.62. The second-order valence-electron chi connectivity index (χ2n) is 7.10. The van der Waals surface area contributed by atoms with Gasteiger partial charge in [-0.3, -0.25) is 9.59 Å². The molecule has 2 aromatic carbocycles. The average Bonchev–Trinajstić information content (AvgIpc) is 2.73. The molecule has 1 N–H and O–H groups in total. The molecule has 28 heavy (non-hydrogen) atoms. The van der Waals surface area contributed by atoms with Gasteiger partial charge in [-0.05, 0) is 36.8 Å². The fraction of sp³-hybridized carbons (Fsp3) is 0.364. The lowest BCUT2D eigenvalue weighted by Crippen LogP contribution is -2.47. The molecule has 2 aromatic rings. The summed E-state index contributed by atoms with van der Waals surface area (Å²) in [7, 11) is 0. The van der Waals surface area contributed by atoms with Crippen molar-refractivity contribution in [3.63, 3.8) is 0 Å². The lowest BCUT2D eigenvalue weighted by Gasteiger charge is -2.29. The number of aryl methyl sites for hydroxylation is 1. The van der Waals surface area contributed by atoms with E-state index >= 15 is 0 Å². The van der Waals surface area contributed by atoms with E-state index in [1.807, 2.05) is 24.0 Å². The molecule has 0 saturated carbocycles. The third-order valence-electron chi connectivity index (χ3n) is 4.94. The Bertz CT molecular complexity index is 800. The van der Waals surface area contributed by atoms with Crippen LogP contribution in [0.2, 0.25) is 0 Å². The van der Waals surface area contributed by atoms with E-state index in [0.717, 1.165) is 24.2 Å². The molecule has 1 aliphatic heterocycles. The van der Waals surface area contributed by atoms with Gasteiger partial charge in [0, 0.05) is 51.3 Å². The summed E-state index contributed by atoms with van der Waals surface area (Å²) in [6, 6.07) is 13.5. The maximum absolute atomic E-state index is 13.2. The van der Waals surface area contributed by atoms with Crippen molar-refractivity contribution in [3.05, 3.63) is 71.0 Å². The number of piperazine rings is 1. The minimum Gasteiger partial charge on any atom is -0.340 e. The average molecular weight is 383 g/mol. The monoisotopic (exact) mass is 383 g/mol. The fourth-order valence-electron chi connectivity index (χ4n) is 3.24. The Hall–Kier alpha value is -2.73. The highest BCUT2D eigenvalue weighted by Crippen LogP contribution is 2.13. The SMILES string of the molecule is Cc1ccc(C(=O)N(CCC(=O)N2CCNCC2)Cc2ccc(F)cc2)cc1. The first kappa shape index (κ1) is 20.0. The Kier molecular flexibility index (Phi) is 6.76. The summed E-state index contributed by atoms with van der Waals surface area (Å²) >= 11 is 0. The van der Waals surface area contributed by atoms with Crippen molar-refractivity contribution in [2.24, 2.45) is 0 Å². The number of nitrogens with zero attached hydrogens (tertiary/aromatic N) is 2. The van der Waals surface area contributed by atoms with Crippen molar-refractivity contribution in [3.8, 4) is 0 Å². The zero-order valence-corrected chi connectivity index (χ0v) is 16.2. The van der Waals surface area contributed by atoms with Crippen LogP contribution in [0.25, 0.3) is 0 Å². The summed E-state index contributed by atoms with van der Waals surface area (Å²) in [5, 5.41) is 3.23. The highest BCUT2D eigenvalue weighted by molar-refractivity contribution is 5.94. The van der Waals surface area contributed by atoms with Crippen LogP contribution < -0.4 is 5.32 Å². The lowest BCUT2D eigenvalue weighted by atomic mass is 10.1. The number of hydrogen-bond acceptors (Lipinski definition) is 3. The van der Waals surface area contributed by atoms with Gasteiger partial charge >= 0.3 is 0 Å². The minimum absolute atomic E-state index is 0.0577. The van der Waals surface area contributed by atoms with Crippen molar-refractivity contribution in [2.45, 2.75) is 19.9 Å². The van der Waals surface area contributed by atoms with Crippen molar-refractivity contribution in [2.75, 3.05) is 32.7 Å². The van der Waals surface area contributed by atoms with Gasteiger partial charge in [0.05, 0.1) is 0 Å². The zero-order valence-electron chi connectivity index (χ0n) is 16.2. The molecule has 0 spiro atoms. The third-order valence-corrected chi connectivity index (χ3v) is 4.94. The molecule has 1 heterocycles. The fourth-order valence-corrected chi connectivity index (χ4v) is 3.24. The molecule has 1 aliphatic rings. The summed E-state index contributed by atoms with van der Waals surface area (Å²) in [5.74, 6) is -0.381. The molecule has 1 fully saturated rings. The largest absolute Gasteiger partial charge is 0.340 e. The molecule has 5 nitrogen and oxygen atoms in total. The van der Waals surface area contributed by atoms with Gasteiger partial charge in [0.25, 0.3) is 5.91 Å². The van der Waals surface area contributed by atoms with Gasteiger partial charge in [0.15, 0.2) is 0 Å². The van der Waals surface area contributed by atoms with E-state index in [9.17, 15) is 14.0 Å². The minimum atomic E-state index is -0.311. The third kappa shape index (κ3) is 5.39. The van der Waals surface area contributed by atoms with Gasteiger partial charge in [-0.25, -0.2) is 4.39 Å². The highest BCUT2D eigenvalue weighted by atomic mass is 19.1. The Morgan fingerprint density at radius 3 is 2.32 bits per heavy atom. The van der Waals surface area contributed by atoms with E-state index in [1.165, 1.54) is 12.1 Å². The summed E-state index contributed by atoms with van der Waals surface area (Å²) in [5.41, 5.74) is 2.49. The van der Waals surface area contributed by atoms with E-state index in [2.05, 4.69) is 5.32 Å². The molecular weight excluding hydrogens is 357 g/mol. The molecule has 0 aromatic heterocycles. The van der Waals surface area contributed by atoms with Gasteiger partial charge < -0.3 is 15.1 Å².